The van der Waals surface area contributed by atoms with Gasteiger partial charge in [0.25, 0.3) is 0 Å². The first-order valence-corrected chi connectivity index (χ1v) is 8.31. The van der Waals surface area contributed by atoms with E-state index < -0.39 is 0 Å². The molecule has 118 valence electrons. The molecule has 0 saturated heterocycles. The van der Waals surface area contributed by atoms with Crippen LogP contribution in [0.2, 0.25) is 0 Å². The highest BCUT2D eigenvalue weighted by Crippen LogP contribution is 2.30. The van der Waals surface area contributed by atoms with Gasteiger partial charge >= 0.3 is 0 Å². The van der Waals surface area contributed by atoms with Gasteiger partial charge < -0.3 is 10.1 Å². The number of nitrogens with zero attached hydrogens (tertiary/aromatic N) is 1. The van der Waals surface area contributed by atoms with Gasteiger partial charge in [-0.25, -0.2) is 0 Å². The number of hydrogen-bond donors (Lipinski definition) is 1. The first-order chi connectivity index (χ1) is 10.1. The van der Waals surface area contributed by atoms with Crippen LogP contribution in [0.3, 0.4) is 0 Å². The molecule has 0 bridgehead atoms. The van der Waals surface area contributed by atoms with Gasteiger partial charge in [0, 0.05) is 23.9 Å². The van der Waals surface area contributed by atoms with Gasteiger partial charge in [-0.15, -0.1) is 0 Å². The summed E-state index contributed by atoms with van der Waals surface area (Å²) in [6, 6.07) is 0. The zero-order valence-electron chi connectivity index (χ0n) is 14.0. The van der Waals surface area contributed by atoms with Crippen molar-refractivity contribution in [2.75, 3.05) is 13.7 Å². The van der Waals surface area contributed by atoms with Crippen LogP contribution in [0.25, 0.3) is 0 Å². The Bertz CT molecular complexity index is 459. The van der Waals surface area contributed by atoms with Crippen molar-refractivity contribution in [3.05, 3.63) is 23.0 Å². The topological polar surface area (TPSA) is 34.1 Å². The standard InChI is InChI=1S/C18H30N2O/c1-13-6-5-7-16(10-13)8-9-19-12-17-15(3)18(21-4)14(2)11-20-17/h11,13,16,19H,5-10,12H2,1-4H3. The molecule has 2 atom stereocenters. The second-order valence-electron chi connectivity index (χ2n) is 6.65. The van der Waals surface area contributed by atoms with E-state index in [1.807, 2.05) is 13.1 Å². The number of aromatic nitrogens is 1. The second-order valence-corrected chi connectivity index (χ2v) is 6.65. The van der Waals surface area contributed by atoms with Gasteiger partial charge in [0.1, 0.15) is 5.75 Å². The minimum Gasteiger partial charge on any atom is -0.496 e. The fourth-order valence-corrected chi connectivity index (χ4v) is 3.58. The molecule has 0 aliphatic heterocycles. The Hall–Kier alpha value is -1.09. The molecule has 1 fully saturated rings. The Kier molecular flexibility index (Phi) is 6.04. The molecular formula is C18H30N2O. The summed E-state index contributed by atoms with van der Waals surface area (Å²) >= 11 is 0. The highest BCUT2D eigenvalue weighted by molar-refractivity contribution is 5.40. The number of hydrogen-bond acceptors (Lipinski definition) is 3. The molecule has 1 aromatic heterocycles. The van der Waals surface area contributed by atoms with Gasteiger partial charge in [-0.3, -0.25) is 4.98 Å². The van der Waals surface area contributed by atoms with Crippen LogP contribution in [0.4, 0.5) is 0 Å². The van der Waals surface area contributed by atoms with E-state index in [1.165, 1.54) is 32.1 Å². The molecule has 1 saturated carbocycles. The van der Waals surface area contributed by atoms with Crippen LogP contribution < -0.4 is 10.1 Å². The predicted octanol–water partition coefficient (Wildman–Crippen LogP) is 4.01. The smallest absolute Gasteiger partial charge is 0.128 e. The van der Waals surface area contributed by atoms with E-state index in [9.17, 15) is 0 Å². The summed E-state index contributed by atoms with van der Waals surface area (Å²) in [4.78, 5) is 4.54. The molecule has 21 heavy (non-hydrogen) atoms. The van der Waals surface area contributed by atoms with Crippen LogP contribution in [-0.4, -0.2) is 18.6 Å². The Morgan fingerprint density at radius 3 is 2.86 bits per heavy atom. The lowest BCUT2D eigenvalue weighted by Crippen LogP contribution is -2.22. The fourth-order valence-electron chi connectivity index (χ4n) is 3.58. The van der Waals surface area contributed by atoms with E-state index >= 15 is 0 Å². The lowest BCUT2D eigenvalue weighted by atomic mass is 9.81. The third-order valence-corrected chi connectivity index (χ3v) is 4.82. The summed E-state index contributed by atoms with van der Waals surface area (Å²) in [6.07, 6.45) is 8.88. The molecule has 0 aromatic carbocycles. The molecule has 2 unspecified atom stereocenters. The molecule has 1 aliphatic carbocycles. The van der Waals surface area contributed by atoms with Crippen molar-refractivity contribution in [2.24, 2.45) is 11.8 Å². The van der Waals surface area contributed by atoms with Crippen molar-refractivity contribution in [3.8, 4) is 5.75 Å². The molecule has 1 N–H and O–H groups in total. The Morgan fingerprint density at radius 1 is 1.33 bits per heavy atom. The molecule has 0 spiro atoms. The van der Waals surface area contributed by atoms with Crippen LogP contribution in [0.5, 0.6) is 5.75 Å². The van der Waals surface area contributed by atoms with Crippen LogP contribution in [0.15, 0.2) is 6.20 Å². The second kappa shape index (κ2) is 7.79. The summed E-state index contributed by atoms with van der Waals surface area (Å²) in [5.41, 5.74) is 3.38. The summed E-state index contributed by atoms with van der Waals surface area (Å²) in [5.74, 6) is 2.82. The van der Waals surface area contributed by atoms with E-state index in [0.717, 1.165) is 47.5 Å². The average molecular weight is 290 g/mol. The van der Waals surface area contributed by atoms with Crippen molar-refractivity contribution < 1.29 is 4.74 Å². The predicted molar refractivity (Wildman–Crippen MR) is 87.7 cm³/mol. The normalized spacial score (nSPS) is 22.3. The van der Waals surface area contributed by atoms with Crippen LogP contribution in [0, 0.1) is 25.7 Å². The third kappa shape index (κ3) is 4.44. The largest absolute Gasteiger partial charge is 0.496 e. The van der Waals surface area contributed by atoms with E-state index in [1.54, 1.807) is 7.11 Å². The first-order valence-electron chi connectivity index (χ1n) is 8.31. The summed E-state index contributed by atoms with van der Waals surface area (Å²) < 4.78 is 5.46. The molecule has 3 heteroatoms. The van der Waals surface area contributed by atoms with Crippen LogP contribution >= 0.6 is 0 Å². The van der Waals surface area contributed by atoms with Crippen LogP contribution in [-0.2, 0) is 6.54 Å². The lowest BCUT2D eigenvalue weighted by Gasteiger charge is -2.26. The Labute approximate surface area is 129 Å². The number of aryl methyl sites for hydroxylation is 1. The van der Waals surface area contributed by atoms with Crippen molar-refractivity contribution in [2.45, 2.75) is 59.4 Å². The van der Waals surface area contributed by atoms with E-state index in [-0.39, 0.29) is 0 Å². The van der Waals surface area contributed by atoms with E-state index in [0.29, 0.717) is 0 Å². The molecule has 2 rings (SSSR count). The monoisotopic (exact) mass is 290 g/mol. The Morgan fingerprint density at radius 2 is 2.14 bits per heavy atom. The van der Waals surface area contributed by atoms with Gasteiger partial charge in [-0.1, -0.05) is 26.2 Å². The summed E-state index contributed by atoms with van der Waals surface area (Å²) in [7, 11) is 1.73. The maximum absolute atomic E-state index is 5.46. The fraction of sp³-hybridized carbons (Fsp3) is 0.722. The van der Waals surface area contributed by atoms with Crippen LogP contribution in [0.1, 0.15) is 55.8 Å². The van der Waals surface area contributed by atoms with E-state index in [2.05, 4.69) is 24.1 Å². The highest BCUT2D eigenvalue weighted by Gasteiger charge is 2.18. The van der Waals surface area contributed by atoms with Crippen molar-refractivity contribution in [1.82, 2.24) is 10.3 Å². The highest BCUT2D eigenvalue weighted by atomic mass is 16.5. The van der Waals surface area contributed by atoms with Crippen molar-refractivity contribution in [3.63, 3.8) is 0 Å². The number of rotatable bonds is 6. The number of methoxy groups -OCH3 is 1. The minimum absolute atomic E-state index is 0.838. The molecule has 0 radical (unpaired) electrons. The zero-order valence-corrected chi connectivity index (χ0v) is 14.0. The molecule has 1 heterocycles. The Balaban J connectivity index is 1.78. The lowest BCUT2D eigenvalue weighted by molar-refractivity contribution is 0.267. The quantitative estimate of drug-likeness (QED) is 0.804. The SMILES string of the molecule is COc1c(C)cnc(CNCCC2CCCC(C)C2)c1C. The molecular weight excluding hydrogens is 260 g/mol. The van der Waals surface area contributed by atoms with Gasteiger partial charge in [0.05, 0.1) is 12.8 Å². The van der Waals surface area contributed by atoms with E-state index in [4.69, 9.17) is 4.74 Å². The maximum Gasteiger partial charge on any atom is 0.128 e. The van der Waals surface area contributed by atoms with Crippen molar-refractivity contribution in [1.29, 1.82) is 0 Å². The number of pyridine rings is 1. The summed E-state index contributed by atoms with van der Waals surface area (Å²) in [5, 5.41) is 3.56. The van der Waals surface area contributed by atoms with Crippen molar-refractivity contribution >= 4 is 0 Å². The molecule has 0 amide bonds. The first kappa shape index (κ1) is 16.3. The van der Waals surface area contributed by atoms with Gasteiger partial charge in [-0.05, 0) is 45.1 Å². The van der Waals surface area contributed by atoms with Gasteiger partial charge in [0.2, 0.25) is 0 Å². The third-order valence-electron chi connectivity index (χ3n) is 4.82. The summed E-state index contributed by atoms with van der Waals surface area (Å²) in [6.45, 7) is 8.46. The maximum atomic E-state index is 5.46. The number of ether oxygens (including phenoxy) is 1. The van der Waals surface area contributed by atoms with Gasteiger partial charge in [0.15, 0.2) is 0 Å². The number of nitrogens with one attached hydrogen (secondary N) is 1. The average Bonchev–Trinajstić information content (AvgIpc) is 2.46. The molecule has 1 aliphatic rings. The molecule has 1 aromatic rings. The molecule has 3 nitrogen and oxygen atoms in total. The van der Waals surface area contributed by atoms with Gasteiger partial charge in [-0.2, -0.15) is 0 Å². The minimum atomic E-state index is 0.838. The zero-order chi connectivity index (χ0) is 15.2.